The van der Waals surface area contributed by atoms with Gasteiger partial charge in [0, 0.05) is 5.02 Å². The van der Waals surface area contributed by atoms with Crippen LogP contribution in [-0.4, -0.2) is 22.0 Å². The Balaban J connectivity index is 2.02. The zero-order chi connectivity index (χ0) is 14.7. The molecule has 0 aliphatic heterocycles. The molecule has 2 N–H and O–H groups in total. The topological polar surface area (TPSA) is 84.0 Å². The van der Waals surface area contributed by atoms with Gasteiger partial charge in [0.25, 0.3) is 0 Å². The molecule has 9 heteroatoms. The van der Waals surface area contributed by atoms with E-state index in [2.05, 4.69) is 20.8 Å². The first-order valence-electron chi connectivity index (χ1n) is 5.33. The fourth-order valence-electron chi connectivity index (χ4n) is 1.27. The van der Waals surface area contributed by atoms with Crippen LogP contribution in [0.3, 0.4) is 0 Å². The molecule has 0 aliphatic rings. The molecule has 2 rings (SSSR count). The molecule has 0 atom stereocenters. The summed E-state index contributed by atoms with van der Waals surface area (Å²) in [5.74, 6) is -1.71. The number of carbonyl (C=O) groups is 2. The number of hydrogen-bond donors (Lipinski definition) is 2. The second-order valence-electron chi connectivity index (χ2n) is 3.66. The Morgan fingerprint density at radius 1 is 1.15 bits per heavy atom. The van der Waals surface area contributed by atoms with Crippen LogP contribution in [-0.2, 0) is 9.59 Å². The summed E-state index contributed by atoms with van der Waals surface area (Å²) in [4.78, 5) is 23.4. The predicted octanol–water partition coefficient (Wildman–Crippen LogP) is 2.73. The zero-order valence-corrected chi connectivity index (χ0v) is 12.4. The van der Waals surface area contributed by atoms with Gasteiger partial charge in [0.15, 0.2) is 0 Å². The first-order chi connectivity index (χ1) is 9.45. The summed E-state index contributed by atoms with van der Waals surface area (Å²) in [6, 6.07) is 4.52. The first kappa shape index (κ1) is 14.7. The Labute approximate surface area is 128 Å². The number of carbonyl (C=O) groups excluding carboxylic acids is 2. The fourth-order valence-corrected chi connectivity index (χ4v) is 2.31. The van der Waals surface area contributed by atoms with Crippen molar-refractivity contribution in [2.75, 3.05) is 10.6 Å². The highest BCUT2D eigenvalue weighted by atomic mass is 35.5. The van der Waals surface area contributed by atoms with Crippen LogP contribution in [0.15, 0.2) is 18.2 Å². The number of rotatable bonds is 2. The van der Waals surface area contributed by atoms with Gasteiger partial charge < -0.3 is 5.32 Å². The largest absolute Gasteiger partial charge is 0.316 e. The maximum absolute atomic E-state index is 11.7. The van der Waals surface area contributed by atoms with Crippen molar-refractivity contribution < 1.29 is 9.59 Å². The van der Waals surface area contributed by atoms with Gasteiger partial charge in [0.1, 0.15) is 5.01 Å². The van der Waals surface area contributed by atoms with Crippen molar-refractivity contribution in [3.8, 4) is 0 Å². The summed E-state index contributed by atoms with van der Waals surface area (Å²) in [5.41, 5.74) is 0.296. The van der Waals surface area contributed by atoms with Crippen LogP contribution < -0.4 is 10.6 Å². The Morgan fingerprint density at radius 3 is 2.45 bits per heavy atom. The van der Waals surface area contributed by atoms with Crippen LogP contribution in [0.25, 0.3) is 0 Å². The van der Waals surface area contributed by atoms with Gasteiger partial charge in [0.2, 0.25) is 5.13 Å². The number of anilines is 2. The molecule has 6 nitrogen and oxygen atoms in total. The second-order valence-corrected chi connectivity index (χ2v) is 5.68. The van der Waals surface area contributed by atoms with Crippen LogP contribution in [0.5, 0.6) is 0 Å². The van der Waals surface area contributed by atoms with Gasteiger partial charge in [0.05, 0.1) is 10.7 Å². The second kappa shape index (κ2) is 6.17. The molecule has 1 heterocycles. The van der Waals surface area contributed by atoms with E-state index < -0.39 is 11.8 Å². The number of nitrogens with one attached hydrogen (secondary N) is 2. The van der Waals surface area contributed by atoms with Gasteiger partial charge in [-0.3, -0.25) is 14.9 Å². The minimum absolute atomic E-state index is 0.241. The summed E-state index contributed by atoms with van der Waals surface area (Å²) in [6.07, 6.45) is 0. The van der Waals surface area contributed by atoms with E-state index in [1.54, 1.807) is 13.0 Å². The van der Waals surface area contributed by atoms with Crippen LogP contribution >= 0.6 is 34.5 Å². The molecule has 0 saturated carbocycles. The number of amides is 2. The molecule has 0 aliphatic carbocycles. The fraction of sp³-hybridized carbons (Fsp3) is 0.0909. The molecule has 2 amide bonds. The Hall–Kier alpha value is -1.70. The number of aryl methyl sites for hydroxylation is 1. The highest BCUT2D eigenvalue weighted by molar-refractivity contribution is 7.15. The maximum Gasteiger partial charge on any atom is 0.315 e. The van der Waals surface area contributed by atoms with Crippen molar-refractivity contribution >= 4 is 57.2 Å². The molecule has 1 aromatic heterocycles. The summed E-state index contributed by atoms with van der Waals surface area (Å²) in [7, 11) is 0. The third kappa shape index (κ3) is 3.66. The number of hydrogen-bond acceptors (Lipinski definition) is 5. The van der Waals surface area contributed by atoms with Crippen molar-refractivity contribution in [1.29, 1.82) is 0 Å². The van der Waals surface area contributed by atoms with E-state index in [0.717, 1.165) is 0 Å². The highest BCUT2D eigenvalue weighted by Crippen LogP contribution is 2.25. The molecule has 104 valence electrons. The van der Waals surface area contributed by atoms with Crippen LogP contribution in [0.2, 0.25) is 10.0 Å². The lowest BCUT2D eigenvalue weighted by Crippen LogP contribution is -2.29. The SMILES string of the molecule is Cc1nnc(NC(=O)C(=O)Nc2ccc(Cl)cc2Cl)s1. The highest BCUT2D eigenvalue weighted by Gasteiger charge is 2.17. The molecule has 0 radical (unpaired) electrons. The van der Waals surface area contributed by atoms with Crippen molar-refractivity contribution in [1.82, 2.24) is 10.2 Å². The Morgan fingerprint density at radius 2 is 1.85 bits per heavy atom. The monoisotopic (exact) mass is 330 g/mol. The lowest BCUT2D eigenvalue weighted by Gasteiger charge is -2.06. The number of benzene rings is 1. The third-order valence-electron chi connectivity index (χ3n) is 2.13. The zero-order valence-electron chi connectivity index (χ0n) is 10.1. The molecule has 2 aromatic rings. The van der Waals surface area contributed by atoms with Gasteiger partial charge in [-0.25, -0.2) is 0 Å². The average molecular weight is 331 g/mol. The lowest BCUT2D eigenvalue weighted by molar-refractivity contribution is -0.133. The predicted molar refractivity (Wildman–Crippen MR) is 78.4 cm³/mol. The summed E-state index contributed by atoms with van der Waals surface area (Å²) < 4.78 is 0. The van der Waals surface area contributed by atoms with Gasteiger partial charge in [-0.1, -0.05) is 34.5 Å². The summed E-state index contributed by atoms with van der Waals surface area (Å²) in [5, 5.41) is 13.7. The van der Waals surface area contributed by atoms with E-state index in [0.29, 0.717) is 15.7 Å². The maximum atomic E-state index is 11.7. The van der Waals surface area contributed by atoms with Gasteiger partial charge in [-0.2, -0.15) is 0 Å². The van der Waals surface area contributed by atoms with Gasteiger partial charge >= 0.3 is 11.8 Å². The molecule has 1 aromatic carbocycles. The Bertz CT molecular complexity index is 674. The summed E-state index contributed by atoms with van der Waals surface area (Å²) in [6.45, 7) is 1.74. The molecular formula is C11H8Cl2N4O2S. The standard InChI is InChI=1S/C11H8Cl2N4O2S/c1-5-16-17-11(20-5)15-10(19)9(18)14-8-3-2-6(12)4-7(8)13/h2-4H,1H3,(H,14,18)(H,15,17,19). The van der Waals surface area contributed by atoms with Crippen molar-refractivity contribution in [2.45, 2.75) is 6.92 Å². The van der Waals surface area contributed by atoms with E-state index in [1.165, 1.54) is 23.5 Å². The molecule has 0 spiro atoms. The minimum atomic E-state index is -0.859. The van der Waals surface area contributed by atoms with Crippen molar-refractivity contribution in [3.05, 3.63) is 33.3 Å². The molecule has 0 unspecified atom stereocenters. The van der Waals surface area contributed by atoms with Gasteiger partial charge in [-0.15, -0.1) is 10.2 Å². The molecule has 20 heavy (non-hydrogen) atoms. The molecular weight excluding hydrogens is 323 g/mol. The van der Waals surface area contributed by atoms with E-state index in [4.69, 9.17) is 23.2 Å². The van der Waals surface area contributed by atoms with Crippen molar-refractivity contribution in [3.63, 3.8) is 0 Å². The van der Waals surface area contributed by atoms with Gasteiger partial charge in [-0.05, 0) is 25.1 Å². The average Bonchev–Trinajstić information content (AvgIpc) is 2.78. The smallest absolute Gasteiger partial charge is 0.315 e. The first-order valence-corrected chi connectivity index (χ1v) is 6.90. The Kier molecular flexibility index (Phi) is 4.53. The van der Waals surface area contributed by atoms with E-state index >= 15 is 0 Å². The molecule has 0 saturated heterocycles. The van der Waals surface area contributed by atoms with Crippen LogP contribution in [0, 0.1) is 6.92 Å². The van der Waals surface area contributed by atoms with Crippen LogP contribution in [0.4, 0.5) is 10.8 Å². The summed E-state index contributed by atoms with van der Waals surface area (Å²) >= 11 is 12.8. The quantitative estimate of drug-likeness (QED) is 0.829. The normalized spacial score (nSPS) is 10.2. The molecule has 0 fully saturated rings. The van der Waals surface area contributed by atoms with E-state index in [1.807, 2.05) is 0 Å². The third-order valence-corrected chi connectivity index (χ3v) is 3.43. The van der Waals surface area contributed by atoms with Crippen LogP contribution in [0.1, 0.15) is 5.01 Å². The van der Waals surface area contributed by atoms with E-state index in [9.17, 15) is 9.59 Å². The minimum Gasteiger partial charge on any atom is -0.316 e. The molecule has 0 bridgehead atoms. The van der Waals surface area contributed by atoms with E-state index in [-0.39, 0.29) is 10.2 Å². The number of halogens is 2. The number of aromatic nitrogens is 2. The number of nitrogens with zero attached hydrogens (tertiary/aromatic N) is 2. The lowest BCUT2D eigenvalue weighted by atomic mass is 10.3. The van der Waals surface area contributed by atoms with Crippen molar-refractivity contribution in [2.24, 2.45) is 0 Å².